The van der Waals surface area contributed by atoms with Gasteiger partial charge in [-0.3, -0.25) is 0 Å². The Kier molecular flexibility index (Phi) is 5.35. The van der Waals surface area contributed by atoms with Crippen molar-refractivity contribution in [3.05, 3.63) is 12.2 Å². The zero-order valence-electron chi connectivity index (χ0n) is 8.94. The molecule has 0 aromatic heterocycles. The molecule has 0 saturated carbocycles. The smallest absolute Gasteiger partial charge is 0.329 e. The largest absolute Gasteiger partial charge is 0.480 e. The Labute approximate surface area is 93.7 Å². The highest BCUT2D eigenvalue weighted by molar-refractivity contribution is 5.74. The predicted molar refractivity (Wildman–Crippen MR) is 57.2 cm³/mol. The molecule has 1 aliphatic carbocycles. The van der Waals surface area contributed by atoms with Crippen LogP contribution in [0.5, 0.6) is 0 Å². The van der Waals surface area contributed by atoms with E-state index < -0.39 is 5.97 Å². The summed E-state index contributed by atoms with van der Waals surface area (Å²) in [5.74, 6) is -1.01. The number of carboxylic acids is 1. The topological polar surface area (TPSA) is 87.7 Å². The molecule has 0 bridgehead atoms. The van der Waals surface area contributed by atoms with Crippen molar-refractivity contribution in [2.75, 3.05) is 19.8 Å². The average molecular weight is 228 g/mol. The van der Waals surface area contributed by atoms with E-state index in [4.69, 9.17) is 9.84 Å². The van der Waals surface area contributed by atoms with Crippen LogP contribution in [0.3, 0.4) is 0 Å². The lowest BCUT2D eigenvalue weighted by Gasteiger charge is -2.12. The molecule has 0 fully saturated rings. The van der Waals surface area contributed by atoms with Gasteiger partial charge in [0.1, 0.15) is 6.61 Å². The van der Waals surface area contributed by atoms with Crippen LogP contribution < -0.4 is 10.6 Å². The van der Waals surface area contributed by atoms with Crippen LogP contribution in [0.4, 0.5) is 4.79 Å². The minimum absolute atomic E-state index is 0.180. The molecule has 90 valence electrons. The number of hydrogen-bond acceptors (Lipinski definition) is 3. The first-order valence-electron chi connectivity index (χ1n) is 5.17. The third-order valence-corrected chi connectivity index (χ3v) is 2.10. The first-order chi connectivity index (χ1) is 7.68. The molecule has 3 N–H and O–H groups in total. The molecule has 0 spiro atoms. The van der Waals surface area contributed by atoms with Gasteiger partial charge in [-0.2, -0.15) is 0 Å². The third kappa shape index (κ3) is 5.35. The zero-order chi connectivity index (χ0) is 11.8. The summed E-state index contributed by atoms with van der Waals surface area (Å²) in [6.07, 6.45) is 5.79. The van der Waals surface area contributed by atoms with E-state index in [1.54, 1.807) is 0 Å². The minimum Gasteiger partial charge on any atom is -0.480 e. The molecule has 6 nitrogen and oxygen atoms in total. The Morgan fingerprint density at radius 3 is 2.69 bits per heavy atom. The summed E-state index contributed by atoms with van der Waals surface area (Å²) in [5, 5.41) is 13.7. The summed E-state index contributed by atoms with van der Waals surface area (Å²) in [6, 6.07) is -0.0624. The molecule has 0 aromatic carbocycles. The molecular weight excluding hydrogens is 212 g/mol. The quantitative estimate of drug-likeness (QED) is 0.444. The molecule has 0 heterocycles. The first-order valence-corrected chi connectivity index (χ1v) is 5.17. The van der Waals surface area contributed by atoms with Crippen molar-refractivity contribution in [1.82, 2.24) is 10.6 Å². The van der Waals surface area contributed by atoms with Crippen LogP contribution in [-0.4, -0.2) is 42.9 Å². The van der Waals surface area contributed by atoms with E-state index in [1.807, 2.05) is 12.2 Å². The molecule has 16 heavy (non-hydrogen) atoms. The van der Waals surface area contributed by atoms with E-state index >= 15 is 0 Å². The Balaban J connectivity index is 1.95. The fourth-order valence-electron chi connectivity index (χ4n) is 1.37. The van der Waals surface area contributed by atoms with Crippen LogP contribution in [0, 0.1) is 0 Å². The van der Waals surface area contributed by atoms with E-state index in [2.05, 4.69) is 10.6 Å². The number of urea groups is 1. The molecule has 0 aliphatic heterocycles. The normalized spacial score (nSPS) is 15.0. The van der Waals surface area contributed by atoms with Gasteiger partial charge in [0.25, 0.3) is 0 Å². The Morgan fingerprint density at radius 1 is 1.38 bits per heavy atom. The van der Waals surface area contributed by atoms with Gasteiger partial charge in [0, 0.05) is 12.6 Å². The van der Waals surface area contributed by atoms with E-state index in [-0.39, 0.29) is 25.3 Å². The van der Waals surface area contributed by atoms with Gasteiger partial charge in [-0.05, 0) is 12.8 Å². The van der Waals surface area contributed by atoms with Crippen LogP contribution in [0.15, 0.2) is 12.2 Å². The van der Waals surface area contributed by atoms with Crippen molar-refractivity contribution in [3.63, 3.8) is 0 Å². The van der Waals surface area contributed by atoms with Gasteiger partial charge >= 0.3 is 12.0 Å². The van der Waals surface area contributed by atoms with Gasteiger partial charge in [0.05, 0.1) is 6.61 Å². The van der Waals surface area contributed by atoms with Crippen LogP contribution in [0.25, 0.3) is 0 Å². The van der Waals surface area contributed by atoms with Gasteiger partial charge in [-0.15, -0.1) is 0 Å². The van der Waals surface area contributed by atoms with Gasteiger partial charge in [0.15, 0.2) is 0 Å². The van der Waals surface area contributed by atoms with Gasteiger partial charge < -0.3 is 20.5 Å². The maximum Gasteiger partial charge on any atom is 0.329 e. The molecule has 2 amide bonds. The molecule has 0 aromatic rings. The highest BCUT2D eigenvalue weighted by Crippen LogP contribution is 2.08. The van der Waals surface area contributed by atoms with Gasteiger partial charge in [-0.1, -0.05) is 12.2 Å². The van der Waals surface area contributed by atoms with Crippen molar-refractivity contribution >= 4 is 12.0 Å². The van der Waals surface area contributed by atoms with E-state index in [1.165, 1.54) is 0 Å². The van der Waals surface area contributed by atoms with Crippen LogP contribution in [0.1, 0.15) is 12.8 Å². The number of hydrogen-bond donors (Lipinski definition) is 3. The lowest BCUT2D eigenvalue weighted by molar-refractivity contribution is -0.142. The average Bonchev–Trinajstić information content (AvgIpc) is 2.69. The lowest BCUT2D eigenvalue weighted by Crippen LogP contribution is -2.42. The molecule has 0 atom stereocenters. The Bertz CT molecular complexity index is 270. The molecule has 1 aliphatic rings. The van der Waals surface area contributed by atoms with Crippen molar-refractivity contribution < 1.29 is 19.4 Å². The zero-order valence-corrected chi connectivity index (χ0v) is 8.94. The second kappa shape index (κ2) is 6.84. The first kappa shape index (κ1) is 12.5. The van der Waals surface area contributed by atoms with Crippen LogP contribution >= 0.6 is 0 Å². The number of ether oxygens (including phenoxy) is 1. The maximum atomic E-state index is 11.3. The highest BCUT2D eigenvalue weighted by Gasteiger charge is 2.12. The number of carboxylic acid groups (broad SMARTS) is 1. The highest BCUT2D eigenvalue weighted by atomic mass is 16.5. The standard InChI is InChI=1S/C10H16N2O4/c13-9(14)7-16-6-5-11-10(15)12-8-3-1-2-4-8/h1-2,8H,3-7H2,(H,13,14)(H2,11,12,15). The second-order valence-electron chi connectivity index (χ2n) is 3.49. The summed E-state index contributed by atoms with van der Waals surface area (Å²) in [4.78, 5) is 21.4. The number of nitrogens with one attached hydrogen (secondary N) is 2. The maximum absolute atomic E-state index is 11.3. The van der Waals surface area contributed by atoms with Crippen molar-refractivity contribution in [2.24, 2.45) is 0 Å². The summed E-state index contributed by atoms with van der Waals surface area (Å²) < 4.78 is 4.76. The minimum atomic E-state index is -1.01. The van der Waals surface area contributed by atoms with E-state index in [0.29, 0.717) is 6.54 Å². The SMILES string of the molecule is O=C(O)COCCNC(=O)NC1CC=CC1. The number of amides is 2. The van der Waals surface area contributed by atoms with Crippen molar-refractivity contribution in [1.29, 1.82) is 0 Å². The molecule has 1 rings (SSSR count). The van der Waals surface area contributed by atoms with Crippen molar-refractivity contribution in [3.8, 4) is 0 Å². The van der Waals surface area contributed by atoms with Gasteiger partial charge in [-0.25, -0.2) is 9.59 Å². The molecule has 0 saturated heterocycles. The number of carbonyl (C=O) groups is 2. The summed E-state index contributed by atoms with van der Waals surface area (Å²) in [5.41, 5.74) is 0. The Morgan fingerprint density at radius 2 is 2.06 bits per heavy atom. The molecule has 0 radical (unpaired) electrons. The molecule has 0 unspecified atom stereocenters. The van der Waals surface area contributed by atoms with Crippen LogP contribution in [-0.2, 0) is 9.53 Å². The number of aliphatic carboxylic acids is 1. The molecular formula is C10H16N2O4. The van der Waals surface area contributed by atoms with Crippen molar-refractivity contribution in [2.45, 2.75) is 18.9 Å². The van der Waals surface area contributed by atoms with E-state index in [0.717, 1.165) is 12.8 Å². The lowest BCUT2D eigenvalue weighted by atomic mass is 10.2. The summed E-state index contributed by atoms with van der Waals surface area (Å²) >= 11 is 0. The van der Waals surface area contributed by atoms with Crippen LogP contribution in [0.2, 0.25) is 0 Å². The molecule has 6 heteroatoms. The number of carbonyl (C=O) groups excluding carboxylic acids is 1. The fourth-order valence-corrected chi connectivity index (χ4v) is 1.37. The Hall–Kier alpha value is -1.56. The second-order valence-corrected chi connectivity index (χ2v) is 3.49. The summed E-state index contributed by atoms with van der Waals surface area (Å²) in [6.45, 7) is 0.164. The third-order valence-electron chi connectivity index (χ3n) is 2.10. The van der Waals surface area contributed by atoms with Gasteiger partial charge in [0.2, 0.25) is 0 Å². The summed E-state index contributed by atoms with van der Waals surface area (Å²) in [7, 11) is 0. The number of rotatable bonds is 6. The monoisotopic (exact) mass is 228 g/mol. The fraction of sp³-hybridized carbons (Fsp3) is 0.600. The van der Waals surface area contributed by atoms with E-state index in [9.17, 15) is 9.59 Å². The predicted octanol–water partition coefficient (Wildman–Crippen LogP) is 0.105.